The smallest absolute Gasteiger partial charge is 0.231 e. The van der Waals surface area contributed by atoms with Crippen molar-refractivity contribution in [1.82, 2.24) is 9.97 Å². The van der Waals surface area contributed by atoms with Gasteiger partial charge in [0.05, 0.1) is 17.5 Å². The molecule has 0 aliphatic carbocycles. The number of fused-ring (bicyclic) bond motifs is 1. The maximum Gasteiger partial charge on any atom is 0.231 e. The molecule has 100 valence electrons. The maximum absolute atomic E-state index is 11.9. The number of carbonyl (C=O) groups is 1. The van der Waals surface area contributed by atoms with E-state index in [0.717, 1.165) is 16.6 Å². The standard InChI is InChI=1S/C15H13N3O2/c19-11-7-5-10(6-8-11)9-14(20)18-15-16-12-3-1-2-4-13(12)17-15/h1-8,19H,9H2,(H2,16,17,18,20). The summed E-state index contributed by atoms with van der Waals surface area (Å²) in [5.74, 6) is 0.469. The maximum atomic E-state index is 11.9. The normalized spacial score (nSPS) is 10.6. The minimum absolute atomic E-state index is 0.158. The van der Waals surface area contributed by atoms with Gasteiger partial charge in [-0.3, -0.25) is 10.1 Å². The Hall–Kier alpha value is -2.82. The molecule has 5 nitrogen and oxygen atoms in total. The third-order valence-electron chi connectivity index (χ3n) is 2.95. The van der Waals surface area contributed by atoms with Crippen LogP contribution in [0.4, 0.5) is 5.95 Å². The van der Waals surface area contributed by atoms with Gasteiger partial charge >= 0.3 is 0 Å². The van der Waals surface area contributed by atoms with Crippen molar-refractivity contribution >= 4 is 22.9 Å². The molecule has 0 spiro atoms. The summed E-state index contributed by atoms with van der Waals surface area (Å²) in [5.41, 5.74) is 2.52. The van der Waals surface area contributed by atoms with Crippen LogP contribution in [-0.4, -0.2) is 21.0 Å². The summed E-state index contributed by atoms with van der Waals surface area (Å²) < 4.78 is 0. The largest absolute Gasteiger partial charge is 0.508 e. The molecular weight excluding hydrogens is 254 g/mol. The Labute approximate surface area is 115 Å². The number of hydrogen-bond acceptors (Lipinski definition) is 3. The Morgan fingerprint density at radius 3 is 2.65 bits per heavy atom. The van der Waals surface area contributed by atoms with E-state index in [-0.39, 0.29) is 18.1 Å². The average molecular weight is 267 g/mol. The molecule has 1 aromatic heterocycles. The Balaban J connectivity index is 1.70. The molecule has 3 rings (SSSR count). The van der Waals surface area contributed by atoms with Crippen LogP contribution in [0.2, 0.25) is 0 Å². The fraction of sp³-hybridized carbons (Fsp3) is 0.0667. The molecule has 0 aliphatic rings. The summed E-state index contributed by atoms with van der Waals surface area (Å²) in [6, 6.07) is 14.1. The Morgan fingerprint density at radius 2 is 1.90 bits per heavy atom. The third-order valence-corrected chi connectivity index (χ3v) is 2.95. The van der Waals surface area contributed by atoms with Gasteiger partial charge in [-0.1, -0.05) is 24.3 Å². The summed E-state index contributed by atoms with van der Waals surface area (Å²) in [6.07, 6.45) is 0.233. The van der Waals surface area contributed by atoms with Gasteiger partial charge < -0.3 is 10.1 Å². The lowest BCUT2D eigenvalue weighted by Gasteiger charge is -2.02. The molecule has 0 atom stereocenters. The predicted molar refractivity (Wildman–Crippen MR) is 76.5 cm³/mol. The van der Waals surface area contributed by atoms with Crippen molar-refractivity contribution in [1.29, 1.82) is 0 Å². The lowest BCUT2D eigenvalue weighted by atomic mass is 10.1. The van der Waals surface area contributed by atoms with Gasteiger partial charge in [0.2, 0.25) is 11.9 Å². The Bertz CT molecular complexity index is 714. The van der Waals surface area contributed by atoms with Crippen molar-refractivity contribution in [2.75, 3.05) is 5.32 Å². The van der Waals surface area contributed by atoms with Crippen molar-refractivity contribution in [2.45, 2.75) is 6.42 Å². The quantitative estimate of drug-likeness (QED) is 0.682. The van der Waals surface area contributed by atoms with E-state index in [1.54, 1.807) is 24.3 Å². The second-order valence-electron chi connectivity index (χ2n) is 4.49. The molecule has 2 aromatic carbocycles. The zero-order valence-corrected chi connectivity index (χ0v) is 10.6. The van der Waals surface area contributed by atoms with Gasteiger partial charge in [0.25, 0.3) is 0 Å². The van der Waals surface area contributed by atoms with Gasteiger partial charge in [0, 0.05) is 0 Å². The molecule has 0 radical (unpaired) electrons. The van der Waals surface area contributed by atoms with E-state index in [1.807, 2.05) is 24.3 Å². The molecule has 5 heteroatoms. The Morgan fingerprint density at radius 1 is 1.15 bits per heavy atom. The van der Waals surface area contributed by atoms with E-state index >= 15 is 0 Å². The molecule has 3 aromatic rings. The SMILES string of the molecule is O=C(Cc1ccc(O)cc1)Nc1nc2ccccc2[nH]1. The first-order valence-corrected chi connectivity index (χ1v) is 6.23. The minimum Gasteiger partial charge on any atom is -0.508 e. The van der Waals surface area contributed by atoms with Crippen LogP contribution >= 0.6 is 0 Å². The Kier molecular flexibility index (Phi) is 3.09. The predicted octanol–water partition coefficient (Wildman–Crippen LogP) is 2.45. The van der Waals surface area contributed by atoms with E-state index in [2.05, 4.69) is 15.3 Å². The van der Waals surface area contributed by atoms with E-state index in [9.17, 15) is 9.90 Å². The molecule has 0 aliphatic heterocycles. The molecule has 20 heavy (non-hydrogen) atoms. The van der Waals surface area contributed by atoms with Crippen LogP contribution in [0, 0.1) is 0 Å². The van der Waals surface area contributed by atoms with E-state index < -0.39 is 0 Å². The average Bonchev–Trinajstić information content (AvgIpc) is 2.83. The lowest BCUT2D eigenvalue weighted by Crippen LogP contribution is -2.15. The second-order valence-corrected chi connectivity index (χ2v) is 4.49. The van der Waals surface area contributed by atoms with Crippen LogP contribution in [0.1, 0.15) is 5.56 Å². The molecule has 3 N–H and O–H groups in total. The summed E-state index contributed by atoms with van der Waals surface area (Å²) >= 11 is 0. The number of aromatic hydroxyl groups is 1. The highest BCUT2D eigenvalue weighted by atomic mass is 16.3. The number of carbonyl (C=O) groups excluding carboxylic acids is 1. The van der Waals surface area contributed by atoms with Gasteiger partial charge in [0.1, 0.15) is 5.75 Å². The van der Waals surface area contributed by atoms with Crippen molar-refractivity contribution in [3.8, 4) is 5.75 Å². The second kappa shape index (κ2) is 5.05. The zero-order valence-electron chi connectivity index (χ0n) is 10.6. The number of aromatic nitrogens is 2. The first-order chi connectivity index (χ1) is 9.70. The minimum atomic E-state index is -0.158. The van der Waals surface area contributed by atoms with Crippen LogP contribution in [0.25, 0.3) is 11.0 Å². The van der Waals surface area contributed by atoms with Gasteiger partial charge in [-0.15, -0.1) is 0 Å². The van der Waals surface area contributed by atoms with E-state index in [1.165, 1.54) is 0 Å². The number of aromatic amines is 1. The number of nitrogens with zero attached hydrogens (tertiary/aromatic N) is 1. The van der Waals surface area contributed by atoms with Crippen molar-refractivity contribution in [3.63, 3.8) is 0 Å². The summed E-state index contributed by atoms with van der Waals surface area (Å²) in [7, 11) is 0. The third kappa shape index (κ3) is 2.61. The van der Waals surface area contributed by atoms with Gasteiger partial charge in [-0.05, 0) is 29.8 Å². The van der Waals surface area contributed by atoms with Crippen molar-refractivity contribution in [2.24, 2.45) is 0 Å². The van der Waals surface area contributed by atoms with Gasteiger partial charge in [0.15, 0.2) is 0 Å². The first kappa shape index (κ1) is 12.2. The molecule has 0 fully saturated rings. The number of phenolic OH excluding ortho intramolecular Hbond substituents is 1. The topological polar surface area (TPSA) is 78.0 Å². The fourth-order valence-electron chi connectivity index (χ4n) is 1.99. The number of anilines is 1. The number of para-hydroxylation sites is 2. The van der Waals surface area contributed by atoms with Crippen LogP contribution in [-0.2, 0) is 11.2 Å². The van der Waals surface area contributed by atoms with Crippen LogP contribution in [0.5, 0.6) is 5.75 Å². The molecule has 0 saturated carbocycles. The molecule has 0 bridgehead atoms. The number of imidazole rings is 1. The number of phenols is 1. The first-order valence-electron chi connectivity index (χ1n) is 6.23. The molecule has 1 amide bonds. The van der Waals surface area contributed by atoms with Crippen LogP contribution in [0.3, 0.4) is 0 Å². The molecular formula is C15H13N3O2. The number of H-pyrrole nitrogens is 1. The van der Waals surface area contributed by atoms with Gasteiger partial charge in [-0.25, -0.2) is 4.98 Å². The molecule has 0 unspecified atom stereocenters. The number of amides is 1. The van der Waals surface area contributed by atoms with Gasteiger partial charge in [-0.2, -0.15) is 0 Å². The van der Waals surface area contributed by atoms with E-state index in [4.69, 9.17) is 0 Å². The monoisotopic (exact) mass is 267 g/mol. The summed E-state index contributed by atoms with van der Waals surface area (Å²) in [4.78, 5) is 19.2. The molecule has 0 saturated heterocycles. The van der Waals surface area contributed by atoms with Crippen molar-refractivity contribution < 1.29 is 9.90 Å². The van der Waals surface area contributed by atoms with Crippen molar-refractivity contribution in [3.05, 3.63) is 54.1 Å². The summed E-state index contributed by atoms with van der Waals surface area (Å²) in [6.45, 7) is 0. The number of nitrogens with one attached hydrogen (secondary N) is 2. The number of hydrogen-bond donors (Lipinski definition) is 3. The highest BCUT2D eigenvalue weighted by molar-refractivity contribution is 5.92. The van der Waals surface area contributed by atoms with Crippen LogP contribution in [0.15, 0.2) is 48.5 Å². The number of benzene rings is 2. The highest BCUT2D eigenvalue weighted by Crippen LogP contribution is 2.14. The fourth-order valence-corrected chi connectivity index (χ4v) is 1.99. The summed E-state index contributed by atoms with van der Waals surface area (Å²) in [5, 5.41) is 11.9. The van der Waals surface area contributed by atoms with Crippen LogP contribution < -0.4 is 5.32 Å². The number of rotatable bonds is 3. The van der Waals surface area contributed by atoms with E-state index in [0.29, 0.717) is 5.95 Å². The highest BCUT2D eigenvalue weighted by Gasteiger charge is 2.07. The zero-order chi connectivity index (χ0) is 13.9. The molecule has 1 heterocycles. The lowest BCUT2D eigenvalue weighted by molar-refractivity contribution is -0.115.